The molecule has 0 bridgehead atoms. The quantitative estimate of drug-likeness (QED) is 0.148. The van der Waals surface area contributed by atoms with Gasteiger partial charge in [0.1, 0.15) is 0 Å². The third-order valence-electron chi connectivity index (χ3n) is 14.6. The minimum atomic E-state index is -0.0460. The molecule has 12 aromatic rings. The van der Waals surface area contributed by atoms with Gasteiger partial charge in [0.15, 0.2) is 0 Å². The smallest absolute Gasteiger partial charge is 0.0541 e. The Morgan fingerprint density at radius 1 is 0.319 bits per heavy atom. The zero-order valence-corrected chi connectivity index (χ0v) is 38.6. The summed E-state index contributed by atoms with van der Waals surface area (Å²) in [4.78, 5) is 2.42. The lowest BCUT2D eigenvalue weighted by molar-refractivity contribution is 0.660. The molecule has 2 heteroatoms. The summed E-state index contributed by atoms with van der Waals surface area (Å²) < 4.78 is 2.43. The van der Waals surface area contributed by atoms with Gasteiger partial charge >= 0.3 is 0 Å². The molecule has 1 aliphatic carbocycles. The summed E-state index contributed by atoms with van der Waals surface area (Å²) in [5.74, 6) is 0. The molecule has 0 radical (unpaired) electrons. The number of hydrogen-bond acceptors (Lipinski definition) is 1. The van der Waals surface area contributed by atoms with E-state index in [1.54, 1.807) is 0 Å². The van der Waals surface area contributed by atoms with E-state index in [9.17, 15) is 0 Å². The van der Waals surface area contributed by atoms with E-state index >= 15 is 0 Å². The SMILES string of the molecule is CC1(C)c2ccccc2-c2cc(-c3cccc(N(c4ccc(-c5cccc6cccc(-c7ccccc7)c56)cc4)c4cccc(-c5ccccc5-n5c6ccccc6c6ccccc65)c4)c3)ccc21. The Morgan fingerprint density at radius 3 is 1.52 bits per heavy atom. The van der Waals surface area contributed by atoms with E-state index in [2.05, 4.69) is 278 Å². The molecule has 0 saturated heterocycles. The van der Waals surface area contributed by atoms with E-state index in [0.717, 1.165) is 28.3 Å². The summed E-state index contributed by atoms with van der Waals surface area (Å²) in [7, 11) is 0. The van der Waals surface area contributed by atoms with Crippen LogP contribution in [0.25, 0.3) is 93.9 Å². The summed E-state index contributed by atoms with van der Waals surface area (Å²) in [6.45, 7) is 4.69. The van der Waals surface area contributed by atoms with Crippen molar-refractivity contribution >= 4 is 49.6 Å². The molecule has 0 spiro atoms. The Hall–Kier alpha value is -8.72. The minimum absolute atomic E-state index is 0.0460. The van der Waals surface area contributed by atoms with Crippen molar-refractivity contribution < 1.29 is 0 Å². The maximum absolute atomic E-state index is 2.43. The molecule has 11 aromatic carbocycles. The van der Waals surface area contributed by atoms with Crippen LogP contribution in [0.15, 0.2) is 255 Å². The number of rotatable bonds is 8. The first-order chi connectivity index (χ1) is 34.0. The van der Waals surface area contributed by atoms with Crippen molar-refractivity contribution in [2.45, 2.75) is 19.3 Å². The van der Waals surface area contributed by atoms with Crippen molar-refractivity contribution in [3.8, 4) is 61.3 Å². The average Bonchev–Trinajstić information content (AvgIpc) is 3.87. The third kappa shape index (κ3) is 6.71. The first-order valence-electron chi connectivity index (χ1n) is 24.0. The predicted octanol–water partition coefficient (Wildman–Crippen LogP) is 18.4. The van der Waals surface area contributed by atoms with Crippen LogP contribution < -0.4 is 4.90 Å². The first-order valence-corrected chi connectivity index (χ1v) is 24.0. The van der Waals surface area contributed by atoms with Gasteiger partial charge in [-0.2, -0.15) is 0 Å². The van der Waals surface area contributed by atoms with Crippen LogP contribution >= 0.6 is 0 Å². The van der Waals surface area contributed by atoms with Crippen LogP contribution in [0.2, 0.25) is 0 Å². The van der Waals surface area contributed by atoms with Gasteiger partial charge < -0.3 is 9.47 Å². The molecule has 0 atom stereocenters. The molecule has 1 aromatic heterocycles. The molecule has 0 fully saturated rings. The molecular weight excluding hydrogens is 833 g/mol. The van der Waals surface area contributed by atoms with Gasteiger partial charge in [-0.3, -0.25) is 0 Å². The van der Waals surface area contributed by atoms with Crippen LogP contribution in [-0.4, -0.2) is 4.57 Å². The van der Waals surface area contributed by atoms with Crippen molar-refractivity contribution in [2.75, 3.05) is 4.90 Å². The molecule has 1 heterocycles. The maximum Gasteiger partial charge on any atom is 0.0541 e. The highest BCUT2D eigenvalue weighted by Crippen LogP contribution is 2.50. The van der Waals surface area contributed by atoms with Gasteiger partial charge in [0.05, 0.1) is 16.7 Å². The summed E-state index contributed by atoms with van der Waals surface area (Å²) in [5, 5.41) is 5.00. The van der Waals surface area contributed by atoms with E-state index in [1.165, 1.54) is 93.8 Å². The van der Waals surface area contributed by atoms with Gasteiger partial charge in [-0.15, -0.1) is 0 Å². The lowest BCUT2D eigenvalue weighted by Gasteiger charge is -2.27. The van der Waals surface area contributed by atoms with Gasteiger partial charge in [0.2, 0.25) is 0 Å². The number of nitrogens with zero attached hydrogens (tertiary/aromatic N) is 2. The van der Waals surface area contributed by atoms with E-state index < -0.39 is 0 Å². The number of hydrogen-bond donors (Lipinski definition) is 0. The van der Waals surface area contributed by atoms with Gasteiger partial charge in [-0.1, -0.05) is 208 Å². The molecule has 0 unspecified atom stereocenters. The second-order valence-electron chi connectivity index (χ2n) is 18.9. The zero-order chi connectivity index (χ0) is 46.1. The summed E-state index contributed by atoms with van der Waals surface area (Å²) in [6, 6.07) is 93.7. The van der Waals surface area contributed by atoms with E-state index in [1.807, 2.05) is 0 Å². The van der Waals surface area contributed by atoms with Crippen LogP contribution in [0, 0.1) is 0 Å². The summed E-state index contributed by atoms with van der Waals surface area (Å²) >= 11 is 0. The first kappa shape index (κ1) is 40.5. The van der Waals surface area contributed by atoms with Crippen LogP contribution in [-0.2, 0) is 5.41 Å². The summed E-state index contributed by atoms with van der Waals surface area (Å²) in [6.07, 6.45) is 0. The zero-order valence-electron chi connectivity index (χ0n) is 38.6. The number of aromatic nitrogens is 1. The molecule has 1 aliphatic rings. The van der Waals surface area contributed by atoms with E-state index in [4.69, 9.17) is 0 Å². The van der Waals surface area contributed by atoms with Crippen molar-refractivity contribution in [2.24, 2.45) is 0 Å². The van der Waals surface area contributed by atoms with Crippen LogP contribution in [0.4, 0.5) is 17.1 Å². The van der Waals surface area contributed by atoms with E-state index in [-0.39, 0.29) is 5.41 Å². The third-order valence-corrected chi connectivity index (χ3v) is 14.6. The fraction of sp³-hybridized carbons (Fsp3) is 0.0448. The molecule has 0 aliphatic heterocycles. The van der Waals surface area contributed by atoms with Crippen molar-refractivity contribution in [3.63, 3.8) is 0 Å². The topological polar surface area (TPSA) is 8.17 Å². The molecule has 326 valence electrons. The second-order valence-corrected chi connectivity index (χ2v) is 18.9. The van der Waals surface area contributed by atoms with Crippen LogP contribution in [0.5, 0.6) is 0 Å². The van der Waals surface area contributed by atoms with Crippen LogP contribution in [0.1, 0.15) is 25.0 Å². The highest BCUT2D eigenvalue weighted by Gasteiger charge is 2.35. The van der Waals surface area contributed by atoms with E-state index in [0.29, 0.717) is 0 Å². The average molecular weight is 881 g/mol. The van der Waals surface area contributed by atoms with Crippen molar-refractivity contribution in [3.05, 3.63) is 266 Å². The Morgan fingerprint density at radius 2 is 0.812 bits per heavy atom. The fourth-order valence-corrected chi connectivity index (χ4v) is 11.3. The highest BCUT2D eigenvalue weighted by atomic mass is 15.1. The van der Waals surface area contributed by atoms with Crippen LogP contribution in [0.3, 0.4) is 0 Å². The predicted molar refractivity (Wildman–Crippen MR) is 292 cm³/mol. The monoisotopic (exact) mass is 880 g/mol. The largest absolute Gasteiger partial charge is 0.310 e. The Bertz CT molecular complexity index is 3870. The maximum atomic E-state index is 2.43. The molecule has 0 amide bonds. The molecule has 2 nitrogen and oxygen atoms in total. The number of anilines is 3. The Balaban J connectivity index is 0.962. The Kier molecular flexibility index (Phi) is 9.55. The normalized spacial score (nSPS) is 12.6. The minimum Gasteiger partial charge on any atom is -0.310 e. The molecule has 0 N–H and O–H groups in total. The molecule has 0 saturated carbocycles. The number of benzene rings is 11. The van der Waals surface area contributed by atoms with Gasteiger partial charge in [-0.05, 0) is 133 Å². The molecule has 13 rings (SSSR count). The lowest BCUT2D eigenvalue weighted by Crippen LogP contribution is -2.14. The Labute approximate surface area is 403 Å². The van der Waals surface area contributed by atoms with Gasteiger partial charge in [0.25, 0.3) is 0 Å². The lowest BCUT2D eigenvalue weighted by atomic mass is 9.82. The van der Waals surface area contributed by atoms with Crippen molar-refractivity contribution in [1.29, 1.82) is 0 Å². The fourth-order valence-electron chi connectivity index (χ4n) is 11.3. The molecular formula is C67H48N2. The van der Waals surface area contributed by atoms with Gasteiger partial charge in [-0.25, -0.2) is 0 Å². The number of para-hydroxylation sites is 3. The highest BCUT2D eigenvalue weighted by molar-refractivity contribution is 6.10. The molecule has 69 heavy (non-hydrogen) atoms. The number of fused-ring (bicyclic) bond motifs is 7. The van der Waals surface area contributed by atoms with Gasteiger partial charge in [0, 0.05) is 38.8 Å². The standard InChI is InChI=1S/C67H48N2/c1-67(2)61-32-10-6-27-57(61)60-44-49(38-41-62(60)67)48-22-14-24-52(42-48)68(51-39-36-46(37-40-51)56-31-17-21-47-20-16-30-55(66(47)56)45-18-4-3-5-19-45)53-25-15-23-50(43-53)54-26-7-11-33-63(54)69-64-34-12-8-28-58(64)59-29-9-13-35-65(59)69/h3-44H,1-2H3. The summed E-state index contributed by atoms with van der Waals surface area (Å²) in [5.41, 5.74) is 21.7. The second kappa shape index (κ2) is 16.3. The van der Waals surface area contributed by atoms with Crippen molar-refractivity contribution in [1.82, 2.24) is 4.57 Å².